The zero-order valence-corrected chi connectivity index (χ0v) is 16.8. The van der Waals surface area contributed by atoms with Crippen LogP contribution in [0.5, 0.6) is 5.75 Å². The molecule has 2 amide bonds. The van der Waals surface area contributed by atoms with E-state index in [1.807, 2.05) is 26.0 Å². The summed E-state index contributed by atoms with van der Waals surface area (Å²) in [5.41, 5.74) is 6.72. The second-order valence-electron chi connectivity index (χ2n) is 6.21. The van der Waals surface area contributed by atoms with Crippen molar-refractivity contribution in [2.24, 2.45) is 0 Å². The summed E-state index contributed by atoms with van der Waals surface area (Å²) in [6, 6.07) is 10.7. The van der Waals surface area contributed by atoms with E-state index < -0.39 is 22.8 Å². The number of hydrogen-bond donors (Lipinski definition) is 3. The van der Waals surface area contributed by atoms with Crippen molar-refractivity contribution in [2.75, 3.05) is 0 Å². The Hall–Kier alpha value is -3.53. The summed E-state index contributed by atoms with van der Waals surface area (Å²) in [7, 11) is 0. The van der Waals surface area contributed by atoms with E-state index in [4.69, 9.17) is 17.0 Å². The van der Waals surface area contributed by atoms with Crippen molar-refractivity contribution in [2.45, 2.75) is 26.9 Å². The molecule has 0 aromatic heterocycles. The normalized spacial score (nSPS) is 11.1. The van der Waals surface area contributed by atoms with Crippen LogP contribution in [0, 0.1) is 24.0 Å². The highest BCUT2D eigenvalue weighted by Crippen LogP contribution is 2.17. The average molecular weight is 416 g/mol. The van der Waals surface area contributed by atoms with Crippen LogP contribution in [0.2, 0.25) is 0 Å². The summed E-state index contributed by atoms with van der Waals surface area (Å²) >= 11 is 4.95. The third kappa shape index (κ3) is 6.25. The van der Waals surface area contributed by atoms with Crippen LogP contribution < -0.4 is 20.9 Å². The molecule has 0 aliphatic carbocycles. The number of aryl methyl sites for hydroxylation is 2. The molecular weight excluding hydrogens is 396 g/mol. The molecule has 0 saturated heterocycles. The quantitative estimate of drug-likeness (QED) is 0.388. The predicted octanol–water partition coefficient (Wildman–Crippen LogP) is 2.31. The van der Waals surface area contributed by atoms with Gasteiger partial charge in [-0.1, -0.05) is 12.1 Å². The number of nitro benzene ring substituents is 1. The van der Waals surface area contributed by atoms with E-state index in [0.717, 1.165) is 17.2 Å². The Balaban J connectivity index is 1.85. The first-order chi connectivity index (χ1) is 13.7. The van der Waals surface area contributed by atoms with Crippen LogP contribution >= 0.6 is 12.2 Å². The van der Waals surface area contributed by atoms with Gasteiger partial charge < -0.3 is 4.74 Å². The minimum atomic E-state index is -0.820. The molecule has 10 heteroatoms. The molecule has 2 aromatic rings. The number of nitro groups is 1. The summed E-state index contributed by atoms with van der Waals surface area (Å²) in [4.78, 5) is 34.4. The van der Waals surface area contributed by atoms with E-state index in [1.165, 1.54) is 18.2 Å². The fourth-order valence-corrected chi connectivity index (χ4v) is 2.38. The predicted molar refractivity (Wildman–Crippen MR) is 110 cm³/mol. The SMILES string of the molecule is Cc1ccc(OC(C)C(=O)NNC(=S)NC(=O)c2cccc([N+](=O)[O-])c2)cc1C. The minimum absolute atomic E-state index is 0.0566. The molecule has 0 aliphatic rings. The highest BCUT2D eigenvalue weighted by atomic mass is 32.1. The number of nitrogens with one attached hydrogen (secondary N) is 3. The van der Waals surface area contributed by atoms with Crippen LogP contribution in [-0.2, 0) is 4.79 Å². The van der Waals surface area contributed by atoms with Gasteiger partial charge in [-0.25, -0.2) is 0 Å². The number of amides is 2. The van der Waals surface area contributed by atoms with Crippen molar-refractivity contribution in [3.05, 3.63) is 69.3 Å². The monoisotopic (exact) mass is 416 g/mol. The van der Waals surface area contributed by atoms with Crippen molar-refractivity contribution < 1.29 is 19.2 Å². The van der Waals surface area contributed by atoms with Crippen LogP contribution in [0.25, 0.3) is 0 Å². The molecule has 1 atom stereocenters. The molecular formula is C19H20N4O5S. The number of nitrogens with zero attached hydrogens (tertiary/aromatic N) is 1. The van der Waals surface area contributed by atoms with Crippen LogP contribution in [0.1, 0.15) is 28.4 Å². The standard InChI is InChI=1S/C19H20N4O5S/c1-11-7-8-16(9-12(11)2)28-13(3)17(24)21-22-19(29)20-18(25)14-5-4-6-15(10-14)23(26)27/h4-10,13H,1-3H3,(H,21,24)(H2,20,22,25,29). The summed E-state index contributed by atoms with van der Waals surface area (Å²) in [5, 5.41) is 12.9. The van der Waals surface area contributed by atoms with Crippen molar-refractivity contribution >= 4 is 34.8 Å². The van der Waals surface area contributed by atoms with Crippen LogP contribution in [-0.4, -0.2) is 28.0 Å². The Labute approximate surface area is 172 Å². The lowest BCUT2D eigenvalue weighted by Gasteiger charge is -2.17. The van der Waals surface area contributed by atoms with E-state index in [0.29, 0.717) is 5.75 Å². The number of hydrazine groups is 1. The first-order valence-corrected chi connectivity index (χ1v) is 8.97. The average Bonchev–Trinajstić information content (AvgIpc) is 2.68. The Kier molecular flexibility index (Phi) is 7.21. The molecule has 0 fully saturated rings. The van der Waals surface area contributed by atoms with Crippen LogP contribution in [0.15, 0.2) is 42.5 Å². The molecule has 1 unspecified atom stereocenters. The van der Waals surface area contributed by atoms with E-state index in [2.05, 4.69) is 16.2 Å². The topological polar surface area (TPSA) is 123 Å². The Morgan fingerprint density at radius 1 is 1.10 bits per heavy atom. The number of rotatable bonds is 5. The van der Waals surface area contributed by atoms with E-state index >= 15 is 0 Å². The summed E-state index contributed by atoms with van der Waals surface area (Å²) in [6.45, 7) is 5.48. The van der Waals surface area contributed by atoms with Gasteiger partial charge in [0, 0.05) is 17.7 Å². The van der Waals surface area contributed by atoms with Gasteiger partial charge in [-0.3, -0.25) is 35.9 Å². The van der Waals surface area contributed by atoms with Gasteiger partial charge in [-0.2, -0.15) is 0 Å². The molecule has 0 saturated carbocycles. The van der Waals surface area contributed by atoms with Gasteiger partial charge in [0.05, 0.1) is 4.92 Å². The van der Waals surface area contributed by atoms with E-state index in [-0.39, 0.29) is 16.4 Å². The number of non-ortho nitro benzene ring substituents is 1. The summed E-state index contributed by atoms with van der Waals surface area (Å²) in [5.74, 6) is -0.604. The molecule has 2 rings (SSSR count). The zero-order valence-electron chi connectivity index (χ0n) is 16.0. The molecule has 0 radical (unpaired) electrons. The fourth-order valence-electron chi connectivity index (χ4n) is 2.23. The molecule has 0 heterocycles. The van der Waals surface area contributed by atoms with E-state index in [9.17, 15) is 19.7 Å². The molecule has 152 valence electrons. The van der Waals surface area contributed by atoms with Crippen molar-refractivity contribution in [3.8, 4) is 5.75 Å². The van der Waals surface area contributed by atoms with Gasteiger partial charge >= 0.3 is 0 Å². The first-order valence-electron chi connectivity index (χ1n) is 8.57. The Bertz CT molecular complexity index is 963. The number of thiocarbonyl (C=S) groups is 1. The first kappa shape index (κ1) is 21.8. The third-order valence-corrected chi connectivity index (χ3v) is 4.21. The molecule has 0 aliphatic heterocycles. The molecule has 0 bridgehead atoms. The van der Waals surface area contributed by atoms with Crippen LogP contribution in [0.3, 0.4) is 0 Å². The lowest BCUT2D eigenvalue weighted by Crippen LogP contribution is -2.51. The van der Waals surface area contributed by atoms with Gasteiger partial charge in [0.25, 0.3) is 17.5 Å². The lowest BCUT2D eigenvalue weighted by atomic mass is 10.1. The molecule has 3 N–H and O–H groups in total. The third-order valence-electron chi connectivity index (χ3n) is 4.01. The number of carbonyl (C=O) groups is 2. The highest BCUT2D eigenvalue weighted by Gasteiger charge is 2.16. The maximum absolute atomic E-state index is 12.1. The van der Waals surface area contributed by atoms with Gasteiger partial charge in [0.1, 0.15) is 5.75 Å². The number of benzene rings is 2. The number of ether oxygens (including phenoxy) is 1. The zero-order chi connectivity index (χ0) is 21.6. The second kappa shape index (κ2) is 9.60. The van der Waals surface area contributed by atoms with Crippen LogP contribution in [0.4, 0.5) is 5.69 Å². The molecule has 9 nitrogen and oxygen atoms in total. The van der Waals surface area contributed by atoms with Crippen molar-refractivity contribution in [1.29, 1.82) is 0 Å². The summed E-state index contributed by atoms with van der Waals surface area (Å²) < 4.78 is 5.58. The maximum Gasteiger partial charge on any atom is 0.279 e. The molecule has 2 aromatic carbocycles. The minimum Gasteiger partial charge on any atom is -0.481 e. The largest absolute Gasteiger partial charge is 0.481 e. The van der Waals surface area contributed by atoms with E-state index in [1.54, 1.807) is 13.0 Å². The Morgan fingerprint density at radius 2 is 1.83 bits per heavy atom. The Morgan fingerprint density at radius 3 is 2.48 bits per heavy atom. The fraction of sp³-hybridized carbons (Fsp3) is 0.211. The van der Waals surface area contributed by atoms with Gasteiger partial charge in [-0.15, -0.1) is 0 Å². The molecule has 0 spiro atoms. The van der Waals surface area contributed by atoms with Gasteiger partial charge in [0.2, 0.25) is 0 Å². The smallest absolute Gasteiger partial charge is 0.279 e. The lowest BCUT2D eigenvalue weighted by molar-refractivity contribution is -0.384. The number of carbonyl (C=O) groups excluding carboxylic acids is 2. The maximum atomic E-state index is 12.1. The van der Waals surface area contributed by atoms with Crippen molar-refractivity contribution in [3.63, 3.8) is 0 Å². The van der Waals surface area contributed by atoms with Crippen molar-refractivity contribution in [1.82, 2.24) is 16.2 Å². The summed E-state index contributed by atoms with van der Waals surface area (Å²) in [6.07, 6.45) is -0.820. The van der Waals surface area contributed by atoms with Gasteiger partial charge in [-0.05, 0) is 62.3 Å². The second-order valence-corrected chi connectivity index (χ2v) is 6.62. The number of hydrogen-bond acceptors (Lipinski definition) is 6. The highest BCUT2D eigenvalue weighted by molar-refractivity contribution is 7.80. The molecule has 29 heavy (non-hydrogen) atoms. The van der Waals surface area contributed by atoms with Gasteiger partial charge in [0.15, 0.2) is 11.2 Å².